The topological polar surface area (TPSA) is 53.6 Å². The predicted octanol–water partition coefficient (Wildman–Crippen LogP) is -0.264. The number of hydrogen-bond donors (Lipinski definition) is 2. The minimum Gasteiger partial charge on any atom is -0.277 e. The molecule has 0 saturated heterocycles. The number of nitrogens with zero attached hydrogens (tertiary/aromatic N) is 2. The summed E-state index contributed by atoms with van der Waals surface area (Å²) in [5.74, 6) is 5.09. The van der Waals surface area contributed by atoms with E-state index >= 15 is 0 Å². The van der Waals surface area contributed by atoms with Crippen LogP contribution in [0.3, 0.4) is 0 Å². The minimum atomic E-state index is 1.59. The summed E-state index contributed by atoms with van der Waals surface area (Å²) in [6, 6.07) is 0. The lowest BCUT2D eigenvalue weighted by Gasteiger charge is -2.09. The smallest absolute Gasteiger partial charge is 0.0446 e. The van der Waals surface area contributed by atoms with Crippen LogP contribution in [-0.2, 0) is 0 Å². The Morgan fingerprint density at radius 1 is 1.44 bits per heavy atom. The molecule has 0 aromatic heterocycles. The van der Waals surface area contributed by atoms with Gasteiger partial charge in [-0.05, 0) is 6.08 Å². The zero-order valence-electron chi connectivity index (χ0n) is 4.86. The number of allylic oxidation sites excluding steroid dienone is 1. The third-order valence-electron chi connectivity index (χ3n) is 0.881. The Balaban J connectivity index is 2.58. The predicted molar refractivity (Wildman–Crippen MR) is 35.9 cm³/mol. The summed E-state index contributed by atoms with van der Waals surface area (Å²) >= 11 is 0. The third kappa shape index (κ3) is 1.67. The van der Waals surface area contributed by atoms with Gasteiger partial charge in [0.15, 0.2) is 0 Å². The molecule has 0 aromatic carbocycles. The largest absolute Gasteiger partial charge is 0.277 e. The van der Waals surface area contributed by atoms with Gasteiger partial charge >= 0.3 is 0 Å². The van der Waals surface area contributed by atoms with Gasteiger partial charge in [0.05, 0.1) is 0 Å². The van der Waals surface area contributed by atoms with E-state index in [0.29, 0.717) is 0 Å². The van der Waals surface area contributed by atoms with Gasteiger partial charge in [-0.2, -0.15) is 5.53 Å². The molecule has 0 amide bonds. The van der Waals surface area contributed by atoms with Gasteiger partial charge in [-0.25, -0.2) is 0 Å². The van der Waals surface area contributed by atoms with E-state index in [-0.39, 0.29) is 0 Å². The Hall–Kier alpha value is -1.13. The van der Waals surface area contributed by atoms with E-state index in [0.717, 1.165) is 0 Å². The first-order chi connectivity index (χ1) is 4.43. The first-order valence-corrected chi connectivity index (χ1v) is 2.55. The van der Waals surface area contributed by atoms with Crippen molar-refractivity contribution in [1.82, 2.24) is 10.5 Å². The SMILES string of the molecule is NNN1C=CC=NC=C1. The lowest BCUT2D eigenvalue weighted by molar-refractivity contribution is 0.376. The van der Waals surface area contributed by atoms with E-state index in [1.807, 2.05) is 0 Å². The molecule has 1 heterocycles. The van der Waals surface area contributed by atoms with E-state index < -0.39 is 0 Å². The fourth-order valence-electron chi connectivity index (χ4n) is 0.477. The van der Waals surface area contributed by atoms with Gasteiger partial charge in [0.1, 0.15) is 0 Å². The number of rotatable bonds is 1. The van der Waals surface area contributed by atoms with Crippen LogP contribution in [0.5, 0.6) is 0 Å². The molecule has 0 fully saturated rings. The molecule has 0 saturated carbocycles. The molecule has 9 heavy (non-hydrogen) atoms. The van der Waals surface area contributed by atoms with Crippen LogP contribution >= 0.6 is 0 Å². The molecule has 3 N–H and O–H groups in total. The van der Waals surface area contributed by atoms with E-state index in [1.54, 1.807) is 35.9 Å². The van der Waals surface area contributed by atoms with Crippen molar-refractivity contribution in [2.75, 3.05) is 0 Å². The van der Waals surface area contributed by atoms with Crippen molar-refractivity contribution in [2.24, 2.45) is 10.8 Å². The Kier molecular flexibility index (Phi) is 2.00. The molecule has 4 heteroatoms. The summed E-state index contributed by atoms with van der Waals surface area (Å²) in [7, 11) is 0. The second kappa shape index (κ2) is 3.01. The molecule has 0 aliphatic carbocycles. The zero-order chi connectivity index (χ0) is 6.53. The number of nitrogens with two attached hydrogens (primary N) is 1. The number of aliphatic imine (C=N–C) groups is 1. The van der Waals surface area contributed by atoms with Crippen LogP contribution < -0.4 is 11.4 Å². The van der Waals surface area contributed by atoms with Gasteiger partial charge in [0.2, 0.25) is 0 Å². The molecule has 0 aromatic rings. The summed E-state index contributed by atoms with van der Waals surface area (Å²) in [6.07, 6.45) is 8.56. The average molecular weight is 124 g/mol. The molecular weight excluding hydrogens is 116 g/mol. The molecule has 1 aliphatic heterocycles. The van der Waals surface area contributed by atoms with Gasteiger partial charge in [0, 0.05) is 24.8 Å². The van der Waals surface area contributed by atoms with Crippen molar-refractivity contribution in [2.45, 2.75) is 0 Å². The highest BCUT2D eigenvalue weighted by atomic mass is 15.6. The van der Waals surface area contributed by atoms with Crippen LogP contribution in [0, 0.1) is 0 Å². The van der Waals surface area contributed by atoms with E-state index in [9.17, 15) is 0 Å². The Bertz CT molecular complexity index is 142. The van der Waals surface area contributed by atoms with Gasteiger partial charge in [-0.15, -0.1) is 0 Å². The van der Waals surface area contributed by atoms with Gasteiger partial charge in [-0.3, -0.25) is 15.8 Å². The summed E-state index contributed by atoms with van der Waals surface area (Å²) < 4.78 is 0. The molecule has 4 nitrogen and oxygen atoms in total. The number of hydrogen-bond acceptors (Lipinski definition) is 4. The zero-order valence-corrected chi connectivity index (χ0v) is 4.86. The highest BCUT2D eigenvalue weighted by Gasteiger charge is 1.86. The van der Waals surface area contributed by atoms with Crippen LogP contribution in [0.15, 0.2) is 29.7 Å². The standard InChI is InChI=1S/C5H8N4/c6-8-9-4-1-2-7-3-5-9/h1-5,8H,6H2. The number of nitrogens with one attached hydrogen (secondary N) is 1. The maximum Gasteiger partial charge on any atom is 0.0446 e. The van der Waals surface area contributed by atoms with Crippen LogP contribution in [-0.4, -0.2) is 11.2 Å². The fourth-order valence-corrected chi connectivity index (χ4v) is 0.477. The van der Waals surface area contributed by atoms with Crippen molar-refractivity contribution in [3.05, 3.63) is 24.7 Å². The lowest BCUT2D eigenvalue weighted by atomic mass is 10.6. The molecule has 0 atom stereocenters. The third-order valence-corrected chi connectivity index (χ3v) is 0.881. The highest BCUT2D eigenvalue weighted by Crippen LogP contribution is 1.88. The second-order valence-electron chi connectivity index (χ2n) is 1.47. The maximum atomic E-state index is 5.09. The first kappa shape index (κ1) is 6.00. The molecule has 0 spiro atoms. The van der Waals surface area contributed by atoms with E-state index in [1.165, 1.54) is 0 Å². The van der Waals surface area contributed by atoms with Gasteiger partial charge in [-0.1, -0.05) is 0 Å². The Morgan fingerprint density at radius 2 is 2.33 bits per heavy atom. The van der Waals surface area contributed by atoms with Crippen molar-refractivity contribution in [3.63, 3.8) is 0 Å². The Labute approximate surface area is 53.3 Å². The molecule has 48 valence electrons. The summed E-state index contributed by atoms with van der Waals surface area (Å²) in [5.41, 5.74) is 2.42. The monoisotopic (exact) mass is 124 g/mol. The van der Waals surface area contributed by atoms with Gasteiger partial charge in [0.25, 0.3) is 0 Å². The minimum absolute atomic E-state index is 1.59. The average Bonchev–Trinajstić information content (AvgIpc) is 2.13. The normalized spacial score (nSPS) is 16.3. The fraction of sp³-hybridized carbons (Fsp3) is 0. The molecular formula is C5H8N4. The highest BCUT2D eigenvalue weighted by molar-refractivity contribution is 5.71. The molecule has 1 aliphatic rings. The van der Waals surface area contributed by atoms with E-state index in [2.05, 4.69) is 10.5 Å². The van der Waals surface area contributed by atoms with Crippen molar-refractivity contribution >= 4 is 6.21 Å². The number of hydrazine groups is 2. The first-order valence-electron chi connectivity index (χ1n) is 2.55. The molecule has 0 unspecified atom stereocenters. The van der Waals surface area contributed by atoms with Gasteiger partial charge < -0.3 is 0 Å². The maximum absolute atomic E-state index is 5.09. The second-order valence-corrected chi connectivity index (χ2v) is 1.47. The van der Waals surface area contributed by atoms with Crippen LogP contribution in [0.4, 0.5) is 0 Å². The van der Waals surface area contributed by atoms with E-state index in [4.69, 9.17) is 5.84 Å². The lowest BCUT2D eigenvalue weighted by Crippen LogP contribution is -2.34. The van der Waals surface area contributed by atoms with Crippen molar-refractivity contribution in [3.8, 4) is 0 Å². The summed E-state index contributed by atoms with van der Waals surface area (Å²) in [4.78, 5) is 3.84. The molecule has 1 rings (SSSR count). The van der Waals surface area contributed by atoms with Crippen LogP contribution in [0.1, 0.15) is 0 Å². The summed E-state index contributed by atoms with van der Waals surface area (Å²) in [5, 5.41) is 1.59. The Morgan fingerprint density at radius 3 is 3.11 bits per heavy atom. The summed E-state index contributed by atoms with van der Waals surface area (Å²) in [6.45, 7) is 0. The quantitative estimate of drug-likeness (QED) is 0.374. The molecule has 0 radical (unpaired) electrons. The van der Waals surface area contributed by atoms with Crippen molar-refractivity contribution in [1.29, 1.82) is 0 Å². The van der Waals surface area contributed by atoms with Crippen LogP contribution in [0.25, 0.3) is 0 Å². The molecule has 0 bridgehead atoms. The van der Waals surface area contributed by atoms with Crippen LogP contribution in [0.2, 0.25) is 0 Å². The van der Waals surface area contributed by atoms with Crippen molar-refractivity contribution < 1.29 is 0 Å².